The molecule has 1 unspecified atom stereocenters. The van der Waals surface area contributed by atoms with Gasteiger partial charge in [0.05, 0.1) is 6.10 Å². The lowest BCUT2D eigenvalue weighted by atomic mass is 10.1. The molecule has 4 heteroatoms. The van der Waals surface area contributed by atoms with Gasteiger partial charge < -0.3 is 15.2 Å². The normalized spacial score (nSPS) is 13.8. The molecule has 0 bridgehead atoms. The zero-order valence-corrected chi connectivity index (χ0v) is 10.2. The van der Waals surface area contributed by atoms with Crippen molar-refractivity contribution in [3.8, 4) is 11.8 Å². The van der Waals surface area contributed by atoms with E-state index in [1.807, 2.05) is 37.3 Å². The van der Waals surface area contributed by atoms with E-state index >= 15 is 0 Å². The van der Waals surface area contributed by atoms with Crippen molar-refractivity contribution in [2.45, 2.75) is 26.0 Å². The number of aliphatic hydroxyl groups is 1. The van der Waals surface area contributed by atoms with E-state index in [0.29, 0.717) is 12.3 Å². The summed E-state index contributed by atoms with van der Waals surface area (Å²) in [6.07, 6.45) is -0.351. The minimum absolute atomic E-state index is 0.0647. The number of aliphatic hydroxyl groups excluding tert-OH is 1. The summed E-state index contributed by atoms with van der Waals surface area (Å²) in [4.78, 5) is 0. The predicted octanol–water partition coefficient (Wildman–Crippen LogP) is 1.62. The van der Waals surface area contributed by atoms with Gasteiger partial charge in [-0.3, -0.25) is 0 Å². The Bertz CT molecular complexity index is 368. The van der Waals surface area contributed by atoms with E-state index in [1.165, 1.54) is 0 Å². The fraction of sp³-hybridized carbons (Fsp3) is 0.462. The lowest BCUT2D eigenvalue weighted by molar-refractivity contribution is 0.187. The first-order valence-corrected chi connectivity index (χ1v) is 5.64. The van der Waals surface area contributed by atoms with E-state index in [9.17, 15) is 5.11 Å². The summed E-state index contributed by atoms with van der Waals surface area (Å²) in [5.41, 5.74) is 1.12. The average Bonchev–Trinajstić information content (AvgIpc) is 2.34. The van der Waals surface area contributed by atoms with Gasteiger partial charge in [0.25, 0.3) is 0 Å². The van der Waals surface area contributed by atoms with Gasteiger partial charge >= 0.3 is 0 Å². The van der Waals surface area contributed by atoms with Gasteiger partial charge in [0.2, 0.25) is 0 Å². The van der Waals surface area contributed by atoms with Crippen LogP contribution in [0.4, 0.5) is 0 Å². The minimum Gasteiger partial charge on any atom is -0.479 e. The molecule has 1 aromatic carbocycles. The molecule has 0 aliphatic carbocycles. The third-order valence-corrected chi connectivity index (χ3v) is 2.40. The summed E-state index contributed by atoms with van der Waals surface area (Å²) in [6, 6.07) is 9.68. The molecule has 0 saturated heterocycles. The Kier molecular flexibility index (Phi) is 5.47. The maximum absolute atomic E-state index is 9.18. The molecule has 0 heterocycles. The molecule has 2 atom stereocenters. The number of nitriles is 1. The molecular weight excluding hydrogens is 216 g/mol. The van der Waals surface area contributed by atoms with Crippen molar-refractivity contribution >= 4 is 0 Å². The zero-order valence-electron chi connectivity index (χ0n) is 10.2. The molecule has 1 rings (SSSR count). The zero-order chi connectivity index (χ0) is 12.7. The summed E-state index contributed by atoms with van der Waals surface area (Å²) in [7, 11) is 0. The van der Waals surface area contributed by atoms with Gasteiger partial charge in [-0.25, -0.2) is 0 Å². The van der Waals surface area contributed by atoms with Crippen LogP contribution < -0.4 is 10.1 Å². The van der Waals surface area contributed by atoms with Crippen LogP contribution in [0.1, 0.15) is 25.5 Å². The van der Waals surface area contributed by atoms with Crippen molar-refractivity contribution in [1.82, 2.24) is 5.32 Å². The van der Waals surface area contributed by atoms with Crippen LogP contribution in [0.2, 0.25) is 0 Å². The van der Waals surface area contributed by atoms with Crippen LogP contribution in [0.5, 0.6) is 5.75 Å². The average molecular weight is 234 g/mol. The molecule has 0 aromatic heterocycles. The summed E-state index contributed by atoms with van der Waals surface area (Å²) in [5.74, 6) is 0.693. The van der Waals surface area contributed by atoms with E-state index in [4.69, 9.17) is 10.00 Å². The van der Waals surface area contributed by atoms with E-state index in [2.05, 4.69) is 5.32 Å². The monoisotopic (exact) mass is 234 g/mol. The number of nitrogens with one attached hydrogen (secondary N) is 1. The van der Waals surface area contributed by atoms with Gasteiger partial charge in [0.1, 0.15) is 11.8 Å². The van der Waals surface area contributed by atoms with Crippen LogP contribution in [0.15, 0.2) is 24.3 Å². The first-order chi connectivity index (χ1) is 8.13. The Morgan fingerprint density at radius 1 is 1.35 bits per heavy atom. The van der Waals surface area contributed by atoms with Crippen molar-refractivity contribution in [2.75, 3.05) is 13.2 Å². The van der Waals surface area contributed by atoms with Gasteiger partial charge in [-0.2, -0.15) is 5.26 Å². The molecule has 92 valence electrons. The quantitative estimate of drug-likeness (QED) is 0.785. The lowest BCUT2D eigenvalue weighted by Crippen LogP contribution is -2.27. The number of ether oxygens (including phenoxy) is 1. The SMILES string of the molecule is CC(NC[C@H](C)O)c1ccc(OCC#N)cc1. The summed E-state index contributed by atoms with van der Waals surface area (Å²) in [5, 5.41) is 20.8. The second kappa shape index (κ2) is 6.89. The lowest BCUT2D eigenvalue weighted by Gasteiger charge is -2.15. The second-order valence-electron chi connectivity index (χ2n) is 3.99. The summed E-state index contributed by atoms with van der Waals surface area (Å²) >= 11 is 0. The molecule has 2 N–H and O–H groups in total. The van der Waals surface area contributed by atoms with Crippen LogP contribution in [0.25, 0.3) is 0 Å². The Labute approximate surface area is 102 Å². The molecule has 0 spiro atoms. The first-order valence-electron chi connectivity index (χ1n) is 5.64. The standard InChI is InChI=1S/C13H18N2O2/c1-10(16)9-15-11(2)12-3-5-13(6-4-12)17-8-7-14/h3-6,10-11,15-16H,8-9H2,1-2H3/t10-,11?/m0/s1. The second-order valence-corrected chi connectivity index (χ2v) is 3.99. The maximum Gasteiger partial charge on any atom is 0.174 e. The molecule has 0 fully saturated rings. The number of rotatable bonds is 6. The van der Waals surface area contributed by atoms with E-state index in [0.717, 1.165) is 5.56 Å². The van der Waals surface area contributed by atoms with Crippen LogP contribution in [0.3, 0.4) is 0 Å². The fourth-order valence-corrected chi connectivity index (χ4v) is 1.43. The van der Waals surface area contributed by atoms with Gasteiger partial charge in [-0.1, -0.05) is 12.1 Å². The van der Waals surface area contributed by atoms with Gasteiger partial charge in [-0.05, 0) is 31.5 Å². The van der Waals surface area contributed by atoms with Crippen molar-refractivity contribution in [3.05, 3.63) is 29.8 Å². The highest BCUT2D eigenvalue weighted by Gasteiger charge is 2.06. The van der Waals surface area contributed by atoms with E-state index in [-0.39, 0.29) is 18.8 Å². The number of benzene rings is 1. The van der Waals surface area contributed by atoms with E-state index < -0.39 is 0 Å². The molecular formula is C13H18N2O2. The van der Waals surface area contributed by atoms with E-state index in [1.54, 1.807) is 6.92 Å². The summed E-state index contributed by atoms with van der Waals surface area (Å²) < 4.78 is 5.17. The van der Waals surface area contributed by atoms with Gasteiger partial charge in [0, 0.05) is 12.6 Å². The third kappa shape index (κ3) is 4.85. The van der Waals surface area contributed by atoms with Crippen molar-refractivity contribution in [1.29, 1.82) is 5.26 Å². The Morgan fingerprint density at radius 2 is 2.00 bits per heavy atom. The van der Waals surface area contributed by atoms with Crippen LogP contribution in [-0.2, 0) is 0 Å². The molecule has 0 amide bonds. The van der Waals surface area contributed by atoms with Crippen molar-refractivity contribution in [3.63, 3.8) is 0 Å². The summed E-state index contributed by atoms with van der Waals surface area (Å²) in [6.45, 7) is 4.41. The van der Waals surface area contributed by atoms with Crippen molar-refractivity contribution in [2.24, 2.45) is 0 Å². The number of hydrogen-bond acceptors (Lipinski definition) is 4. The minimum atomic E-state index is -0.351. The molecule has 17 heavy (non-hydrogen) atoms. The smallest absolute Gasteiger partial charge is 0.174 e. The van der Waals surface area contributed by atoms with Gasteiger partial charge in [-0.15, -0.1) is 0 Å². The molecule has 0 radical (unpaired) electrons. The highest BCUT2D eigenvalue weighted by atomic mass is 16.5. The largest absolute Gasteiger partial charge is 0.479 e. The Hall–Kier alpha value is -1.57. The Balaban J connectivity index is 2.52. The predicted molar refractivity (Wildman–Crippen MR) is 65.6 cm³/mol. The van der Waals surface area contributed by atoms with Gasteiger partial charge in [0.15, 0.2) is 6.61 Å². The topological polar surface area (TPSA) is 65.3 Å². The third-order valence-electron chi connectivity index (χ3n) is 2.40. The number of hydrogen-bond donors (Lipinski definition) is 2. The van der Waals surface area contributed by atoms with Crippen LogP contribution in [-0.4, -0.2) is 24.4 Å². The highest BCUT2D eigenvalue weighted by Crippen LogP contribution is 2.17. The fourth-order valence-electron chi connectivity index (χ4n) is 1.43. The molecule has 1 aromatic rings. The molecule has 0 saturated carbocycles. The van der Waals surface area contributed by atoms with Crippen LogP contribution >= 0.6 is 0 Å². The Morgan fingerprint density at radius 3 is 2.53 bits per heavy atom. The molecule has 0 aliphatic rings. The maximum atomic E-state index is 9.18. The number of nitrogens with zero attached hydrogens (tertiary/aromatic N) is 1. The molecule has 4 nitrogen and oxygen atoms in total. The van der Waals surface area contributed by atoms with Crippen molar-refractivity contribution < 1.29 is 9.84 Å². The highest BCUT2D eigenvalue weighted by molar-refractivity contribution is 5.29. The first kappa shape index (κ1) is 13.5. The van der Waals surface area contributed by atoms with Crippen LogP contribution in [0, 0.1) is 11.3 Å². The molecule has 0 aliphatic heterocycles.